The lowest BCUT2D eigenvalue weighted by Gasteiger charge is -2.27. The van der Waals surface area contributed by atoms with Gasteiger partial charge >= 0.3 is 12.4 Å². The van der Waals surface area contributed by atoms with Crippen LogP contribution < -0.4 is 10.2 Å². The van der Waals surface area contributed by atoms with Crippen LogP contribution in [0.2, 0.25) is 0 Å². The predicted molar refractivity (Wildman–Crippen MR) is 91.1 cm³/mol. The lowest BCUT2D eigenvalue weighted by Crippen LogP contribution is -2.42. The summed E-state index contributed by atoms with van der Waals surface area (Å²) in [6, 6.07) is 6.32. The number of pyridine rings is 1. The molecule has 1 fully saturated rings. The maximum Gasteiger partial charge on any atom is 0.433 e. The molecule has 158 valence electrons. The average molecular weight is 430 g/mol. The Labute approximate surface area is 165 Å². The number of aromatic nitrogens is 1. The number of hydrogen-bond acceptors (Lipinski definition) is 5. The molecule has 2 aromatic rings. The topological polar surface area (TPSA) is 78.3 Å². The van der Waals surface area contributed by atoms with Gasteiger partial charge in [0.05, 0.1) is 23.7 Å². The molecule has 0 saturated carbocycles. The smallest absolute Gasteiger partial charge is 0.335 e. The van der Waals surface area contributed by atoms with Crippen LogP contribution in [0.1, 0.15) is 11.1 Å². The van der Waals surface area contributed by atoms with Crippen molar-refractivity contribution in [1.29, 1.82) is 5.26 Å². The number of alkyl halides is 6. The number of benzene rings is 1. The SMILES string of the molecule is N#Cc1ccc(N2CC(C(=O)Nc3ccncc3)OC2C(F)(F)F)cc1C(F)(F)F. The van der Waals surface area contributed by atoms with Gasteiger partial charge in [-0.1, -0.05) is 0 Å². The van der Waals surface area contributed by atoms with E-state index in [0.29, 0.717) is 11.0 Å². The number of nitrogens with zero attached hydrogens (tertiary/aromatic N) is 3. The first-order valence-electron chi connectivity index (χ1n) is 8.32. The summed E-state index contributed by atoms with van der Waals surface area (Å²) < 4.78 is 84.8. The van der Waals surface area contributed by atoms with E-state index in [1.807, 2.05) is 0 Å². The summed E-state index contributed by atoms with van der Waals surface area (Å²) in [6.07, 6.45) is -11.5. The number of amides is 1. The summed E-state index contributed by atoms with van der Waals surface area (Å²) in [6.45, 7) is -0.649. The van der Waals surface area contributed by atoms with Gasteiger partial charge in [0.15, 0.2) is 6.10 Å². The van der Waals surface area contributed by atoms with Crippen molar-refractivity contribution >= 4 is 17.3 Å². The normalized spacial score (nSPS) is 19.4. The van der Waals surface area contributed by atoms with E-state index in [4.69, 9.17) is 10.00 Å². The number of hydrogen-bond donors (Lipinski definition) is 1. The van der Waals surface area contributed by atoms with Gasteiger partial charge in [-0.2, -0.15) is 31.6 Å². The summed E-state index contributed by atoms with van der Waals surface area (Å²) in [7, 11) is 0. The highest BCUT2D eigenvalue weighted by Crippen LogP contribution is 2.39. The number of halogens is 6. The van der Waals surface area contributed by atoms with Crippen molar-refractivity contribution in [3.63, 3.8) is 0 Å². The second-order valence-corrected chi connectivity index (χ2v) is 6.24. The molecule has 1 aliphatic heterocycles. The van der Waals surface area contributed by atoms with Crippen LogP contribution in [0.4, 0.5) is 37.7 Å². The van der Waals surface area contributed by atoms with Crippen molar-refractivity contribution in [2.75, 3.05) is 16.8 Å². The average Bonchev–Trinajstić information content (AvgIpc) is 3.14. The first kappa shape index (κ1) is 21.4. The Kier molecular flexibility index (Phi) is 5.58. The molecule has 0 spiro atoms. The van der Waals surface area contributed by atoms with Crippen LogP contribution in [-0.4, -0.2) is 35.9 Å². The van der Waals surface area contributed by atoms with Crippen LogP contribution in [0.25, 0.3) is 0 Å². The van der Waals surface area contributed by atoms with Gasteiger partial charge in [-0.15, -0.1) is 0 Å². The van der Waals surface area contributed by atoms with Crippen molar-refractivity contribution in [1.82, 2.24) is 4.98 Å². The molecule has 2 heterocycles. The van der Waals surface area contributed by atoms with E-state index in [1.54, 1.807) is 0 Å². The Hall–Kier alpha value is -3.33. The zero-order valence-corrected chi connectivity index (χ0v) is 14.8. The highest BCUT2D eigenvalue weighted by molar-refractivity contribution is 5.94. The molecule has 3 rings (SSSR count). The van der Waals surface area contributed by atoms with Crippen LogP contribution in [0.3, 0.4) is 0 Å². The fourth-order valence-electron chi connectivity index (χ4n) is 2.89. The summed E-state index contributed by atoms with van der Waals surface area (Å²) in [5, 5.41) is 11.2. The van der Waals surface area contributed by atoms with E-state index in [1.165, 1.54) is 30.6 Å². The molecule has 1 aromatic heterocycles. The Morgan fingerprint density at radius 1 is 1.17 bits per heavy atom. The Bertz CT molecular complexity index is 971. The third kappa shape index (κ3) is 4.46. The molecule has 1 saturated heterocycles. The molecule has 1 N–H and O–H groups in total. The van der Waals surface area contributed by atoms with Crippen LogP contribution in [0, 0.1) is 11.3 Å². The minimum atomic E-state index is -4.99. The fraction of sp³-hybridized carbons (Fsp3) is 0.278. The molecule has 1 aliphatic rings. The Morgan fingerprint density at radius 2 is 1.83 bits per heavy atom. The molecule has 12 heteroatoms. The van der Waals surface area contributed by atoms with E-state index in [9.17, 15) is 31.1 Å². The summed E-state index contributed by atoms with van der Waals surface area (Å²) in [4.78, 5) is 16.6. The van der Waals surface area contributed by atoms with Gasteiger partial charge in [0.2, 0.25) is 6.23 Å². The highest BCUT2D eigenvalue weighted by Gasteiger charge is 2.52. The lowest BCUT2D eigenvalue weighted by molar-refractivity contribution is -0.212. The third-order valence-corrected chi connectivity index (χ3v) is 4.22. The number of rotatable bonds is 3. The maximum atomic E-state index is 13.5. The summed E-state index contributed by atoms with van der Waals surface area (Å²) in [5.41, 5.74) is -2.34. The Morgan fingerprint density at radius 3 is 2.40 bits per heavy atom. The van der Waals surface area contributed by atoms with E-state index in [0.717, 1.165) is 12.1 Å². The molecular weight excluding hydrogens is 418 g/mol. The van der Waals surface area contributed by atoms with Gasteiger partial charge in [0.25, 0.3) is 5.91 Å². The number of carbonyl (C=O) groups is 1. The molecule has 1 amide bonds. The number of nitriles is 1. The van der Waals surface area contributed by atoms with Gasteiger partial charge in [-0.05, 0) is 30.3 Å². The number of carbonyl (C=O) groups excluding carboxylic acids is 1. The molecule has 0 aliphatic carbocycles. The van der Waals surface area contributed by atoms with Gasteiger partial charge < -0.3 is 15.0 Å². The molecule has 2 unspecified atom stereocenters. The van der Waals surface area contributed by atoms with Crippen LogP contribution in [-0.2, 0) is 15.7 Å². The summed E-state index contributed by atoms with van der Waals surface area (Å²) >= 11 is 0. The van der Waals surface area contributed by atoms with Gasteiger partial charge in [-0.3, -0.25) is 9.78 Å². The van der Waals surface area contributed by atoms with Crippen molar-refractivity contribution in [3.05, 3.63) is 53.9 Å². The van der Waals surface area contributed by atoms with Crippen molar-refractivity contribution < 1.29 is 35.9 Å². The molecule has 0 bridgehead atoms. The number of anilines is 2. The quantitative estimate of drug-likeness (QED) is 0.752. The molecule has 30 heavy (non-hydrogen) atoms. The molecule has 6 nitrogen and oxygen atoms in total. The van der Waals surface area contributed by atoms with Crippen LogP contribution >= 0.6 is 0 Å². The zero-order valence-electron chi connectivity index (χ0n) is 14.8. The van der Waals surface area contributed by atoms with Gasteiger partial charge in [0.1, 0.15) is 0 Å². The third-order valence-electron chi connectivity index (χ3n) is 4.22. The highest BCUT2D eigenvalue weighted by atomic mass is 19.4. The Balaban J connectivity index is 1.91. The largest absolute Gasteiger partial charge is 0.433 e. The fourth-order valence-corrected chi connectivity index (χ4v) is 2.89. The second-order valence-electron chi connectivity index (χ2n) is 6.24. The maximum absolute atomic E-state index is 13.5. The van der Waals surface area contributed by atoms with Crippen molar-refractivity contribution in [2.24, 2.45) is 0 Å². The second kappa shape index (κ2) is 7.83. The lowest BCUT2D eigenvalue weighted by atomic mass is 10.1. The first-order chi connectivity index (χ1) is 14.0. The van der Waals surface area contributed by atoms with E-state index < -0.39 is 54.0 Å². The number of ether oxygens (including phenoxy) is 1. The van der Waals surface area contributed by atoms with Crippen molar-refractivity contribution in [2.45, 2.75) is 24.7 Å². The van der Waals surface area contributed by atoms with Crippen molar-refractivity contribution in [3.8, 4) is 6.07 Å². The van der Waals surface area contributed by atoms with Gasteiger partial charge in [-0.25, -0.2) is 0 Å². The molecular formula is C18H12F6N4O2. The molecule has 2 atom stereocenters. The molecule has 1 aromatic carbocycles. The zero-order chi connectivity index (χ0) is 22.1. The summed E-state index contributed by atoms with van der Waals surface area (Å²) in [5.74, 6) is -0.900. The van der Waals surface area contributed by atoms with E-state index in [2.05, 4.69) is 10.3 Å². The van der Waals surface area contributed by atoms with E-state index >= 15 is 0 Å². The minimum absolute atomic E-state index is 0.262. The molecule has 0 radical (unpaired) electrons. The van der Waals surface area contributed by atoms with E-state index in [-0.39, 0.29) is 5.69 Å². The monoisotopic (exact) mass is 430 g/mol. The van der Waals surface area contributed by atoms with Crippen LogP contribution in [0.5, 0.6) is 0 Å². The standard InChI is InChI=1S/C18H12F6N4O2/c19-17(20,21)13-7-12(2-1-10(13)8-25)28-9-14(30-16(28)18(22,23)24)15(29)27-11-3-5-26-6-4-11/h1-7,14,16H,9H2,(H,26,27,29). The van der Waals surface area contributed by atoms with Crippen LogP contribution in [0.15, 0.2) is 42.7 Å². The minimum Gasteiger partial charge on any atom is -0.335 e. The number of nitrogens with one attached hydrogen (secondary N) is 1. The van der Waals surface area contributed by atoms with Gasteiger partial charge in [0, 0.05) is 23.8 Å². The first-order valence-corrected chi connectivity index (χ1v) is 8.32. The predicted octanol–water partition coefficient (Wildman–Crippen LogP) is 3.70.